The Morgan fingerprint density at radius 3 is 2.42 bits per heavy atom. The van der Waals surface area contributed by atoms with E-state index in [4.69, 9.17) is 30.9 Å². The molecule has 0 unspecified atom stereocenters. The van der Waals surface area contributed by atoms with Crippen LogP contribution < -0.4 is 23.8 Å². The number of nitrogens with zero attached hydrogens (tertiary/aromatic N) is 1. The zero-order chi connectivity index (χ0) is 19.1. The molecule has 7 nitrogen and oxygen atoms in total. The fourth-order valence-corrected chi connectivity index (χ4v) is 2.53. The lowest BCUT2D eigenvalue weighted by atomic mass is 10.2. The molecule has 2 amide bonds. The summed E-state index contributed by atoms with van der Waals surface area (Å²) in [6.07, 6.45) is 0. The number of carbonyl (C=O) groups excluding carboxylic acids is 1. The predicted octanol–water partition coefficient (Wildman–Crippen LogP) is 3.61. The molecule has 0 saturated carbocycles. The number of thiol groups is 1. The summed E-state index contributed by atoms with van der Waals surface area (Å²) in [5.74, 6) is 1.39. The number of ether oxygens (including phenoxy) is 3. The van der Waals surface area contributed by atoms with E-state index >= 15 is 0 Å². The van der Waals surface area contributed by atoms with Gasteiger partial charge in [0.25, 0.3) is 0 Å². The molecule has 0 aliphatic heterocycles. The average Bonchev–Trinajstić information content (AvgIpc) is 2.66. The molecule has 2 N–H and O–H groups in total. The number of benzene rings is 2. The van der Waals surface area contributed by atoms with Crippen LogP contribution in [-0.4, -0.2) is 38.6 Å². The van der Waals surface area contributed by atoms with Gasteiger partial charge in [0, 0.05) is 11.8 Å². The highest BCUT2D eigenvalue weighted by atomic mass is 35.5. The van der Waals surface area contributed by atoms with E-state index in [1.165, 1.54) is 20.3 Å². The second-order valence-electron chi connectivity index (χ2n) is 5.00. The van der Waals surface area contributed by atoms with Gasteiger partial charge < -0.3 is 24.6 Å². The highest BCUT2D eigenvalue weighted by Crippen LogP contribution is 2.38. The maximum absolute atomic E-state index is 12.4. The van der Waals surface area contributed by atoms with Crippen LogP contribution in [0.5, 0.6) is 17.2 Å². The van der Waals surface area contributed by atoms with Gasteiger partial charge in [0.15, 0.2) is 0 Å². The Morgan fingerprint density at radius 2 is 1.85 bits per heavy atom. The second-order valence-corrected chi connectivity index (χ2v) is 5.80. The van der Waals surface area contributed by atoms with Crippen molar-refractivity contribution in [2.45, 2.75) is 0 Å². The van der Waals surface area contributed by atoms with Crippen LogP contribution in [-0.2, 0) is 0 Å². The van der Waals surface area contributed by atoms with Gasteiger partial charge in [-0.05, 0) is 30.3 Å². The fourth-order valence-electron chi connectivity index (χ4n) is 2.09. The van der Waals surface area contributed by atoms with E-state index in [0.29, 0.717) is 33.6 Å². The largest absolute Gasteiger partial charge is 0.495 e. The fraction of sp³-hybridized carbons (Fsp3) is 0.235. The van der Waals surface area contributed by atoms with Crippen molar-refractivity contribution in [3.05, 3.63) is 41.4 Å². The zero-order valence-electron chi connectivity index (χ0n) is 14.2. The molecule has 0 bridgehead atoms. The summed E-state index contributed by atoms with van der Waals surface area (Å²) in [6, 6.07) is 9.29. The molecule has 0 fully saturated rings. The molecule has 0 aliphatic carbocycles. The van der Waals surface area contributed by atoms with Crippen LogP contribution in [0.15, 0.2) is 36.4 Å². The van der Waals surface area contributed by atoms with Crippen molar-refractivity contribution in [1.82, 2.24) is 0 Å². The summed E-state index contributed by atoms with van der Waals surface area (Å²) in [6.45, 7) is 0.132. The average molecular weight is 399 g/mol. The molecule has 9 heteroatoms. The third-order valence-corrected chi connectivity index (χ3v) is 4.03. The first-order chi connectivity index (χ1) is 12.5. The van der Waals surface area contributed by atoms with E-state index in [9.17, 15) is 4.79 Å². The minimum absolute atomic E-state index is 0.0701. The van der Waals surface area contributed by atoms with Crippen LogP contribution in [0.2, 0.25) is 5.02 Å². The molecule has 2 aromatic rings. The summed E-state index contributed by atoms with van der Waals surface area (Å²) in [4.78, 5) is 12.4. The number of rotatable bonds is 7. The van der Waals surface area contributed by atoms with Gasteiger partial charge in [0.1, 0.15) is 29.5 Å². The van der Waals surface area contributed by atoms with Crippen molar-refractivity contribution in [2.24, 2.45) is 0 Å². The van der Waals surface area contributed by atoms with Crippen LogP contribution in [0, 0.1) is 0 Å². The van der Waals surface area contributed by atoms with Crippen molar-refractivity contribution >= 4 is 41.8 Å². The summed E-state index contributed by atoms with van der Waals surface area (Å²) >= 11 is 10.4. The first-order valence-corrected chi connectivity index (χ1v) is 8.33. The van der Waals surface area contributed by atoms with E-state index in [1.54, 1.807) is 30.3 Å². The third-order valence-electron chi connectivity index (χ3n) is 3.34. The zero-order valence-corrected chi connectivity index (χ0v) is 15.9. The monoisotopic (exact) mass is 398 g/mol. The summed E-state index contributed by atoms with van der Waals surface area (Å²) < 4.78 is 16.8. The number of carbonyl (C=O) groups is 1. The normalized spacial score (nSPS) is 10.2. The van der Waals surface area contributed by atoms with Crippen molar-refractivity contribution in [3.63, 3.8) is 0 Å². The van der Waals surface area contributed by atoms with Gasteiger partial charge >= 0.3 is 6.03 Å². The lowest BCUT2D eigenvalue weighted by molar-refractivity contribution is 0.201. The minimum atomic E-state index is -0.503. The highest BCUT2D eigenvalue weighted by Gasteiger charge is 2.19. The van der Waals surface area contributed by atoms with Crippen LogP contribution in [0.1, 0.15) is 0 Å². The van der Waals surface area contributed by atoms with Crippen molar-refractivity contribution < 1.29 is 24.1 Å². The summed E-state index contributed by atoms with van der Waals surface area (Å²) in [5, 5.41) is 11.8. The molecular weight excluding hydrogens is 380 g/mol. The topological polar surface area (TPSA) is 80.3 Å². The van der Waals surface area contributed by atoms with Gasteiger partial charge in [-0.3, -0.25) is 0 Å². The number of urea groups is 1. The van der Waals surface area contributed by atoms with Gasteiger partial charge in [0.05, 0.1) is 25.8 Å². The Hall–Kier alpha value is -2.29. The SMILES string of the molecule is COc1cc(OC)c(N(S)C(=O)Nc2ccc(OCCO)cc2)cc1Cl. The first kappa shape index (κ1) is 20.0. The number of anilines is 2. The number of aliphatic hydroxyl groups is 1. The molecule has 0 spiro atoms. The van der Waals surface area contributed by atoms with Crippen LogP contribution in [0.3, 0.4) is 0 Å². The second kappa shape index (κ2) is 9.42. The van der Waals surface area contributed by atoms with E-state index in [2.05, 4.69) is 18.1 Å². The molecule has 0 aromatic heterocycles. The number of halogens is 1. The molecular formula is C17H19ClN2O5S. The Balaban J connectivity index is 2.13. The van der Waals surface area contributed by atoms with Crippen molar-refractivity contribution in [3.8, 4) is 17.2 Å². The lowest BCUT2D eigenvalue weighted by Crippen LogP contribution is -2.27. The predicted molar refractivity (Wildman–Crippen MR) is 104 cm³/mol. The van der Waals surface area contributed by atoms with E-state index in [-0.39, 0.29) is 13.2 Å². The van der Waals surface area contributed by atoms with Crippen LogP contribution in [0.4, 0.5) is 16.2 Å². The number of aliphatic hydroxyl groups excluding tert-OH is 1. The van der Waals surface area contributed by atoms with E-state index in [1.807, 2.05) is 0 Å². The van der Waals surface area contributed by atoms with E-state index in [0.717, 1.165) is 4.31 Å². The smallest absolute Gasteiger partial charge is 0.336 e. The Kier molecular flexibility index (Phi) is 7.26. The molecule has 0 atom stereocenters. The Bertz CT molecular complexity index is 758. The highest BCUT2D eigenvalue weighted by molar-refractivity contribution is 7.82. The van der Waals surface area contributed by atoms with Gasteiger partial charge in [-0.15, -0.1) is 0 Å². The van der Waals surface area contributed by atoms with Crippen molar-refractivity contribution in [1.29, 1.82) is 0 Å². The quantitative estimate of drug-likeness (QED) is 0.621. The van der Waals surface area contributed by atoms with Gasteiger partial charge in [-0.1, -0.05) is 24.4 Å². The van der Waals surface area contributed by atoms with Crippen molar-refractivity contribution in [2.75, 3.05) is 37.1 Å². The Labute approximate surface area is 162 Å². The van der Waals surface area contributed by atoms with Gasteiger partial charge in [0.2, 0.25) is 0 Å². The molecule has 0 saturated heterocycles. The maximum Gasteiger partial charge on any atom is 0.336 e. The lowest BCUT2D eigenvalue weighted by Gasteiger charge is -2.20. The number of nitrogens with one attached hydrogen (secondary N) is 1. The first-order valence-electron chi connectivity index (χ1n) is 7.55. The van der Waals surface area contributed by atoms with Gasteiger partial charge in [-0.25, -0.2) is 9.10 Å². The summed E-state index contributed by atoms with van der Waals surface area (Å²) in [5.41, 5.74) is 0.908. The number of methoxy groups -OCH3 is 2. The molecule has 0 heterocycles. The standard InChI is InChI=1S/C17H19ClN2O5S/c1-23-15-10-16(24-2)14(9-13(15)18)20(26)17(22)19-11-3-5-12(6-4-11)25-8-7-21/h3-6,9-10,21,26H,7-8H2,1-2H3,(H,19,22). The molecule has 26 heavy (non-hydrogen) atoms. The molecule has 0 radical (unpaired) electrons. The molecule has 2 rings (SSSR count). The van der Waals surface area contributed by atoms with Crippen LogP contribution >= 0.6 is 24.4 Å². The van der Waals surface area contributed by atoms with Crippen LogP contribution in [0.25, 0.3) is 0 Å². The molecule has 2 aromatic carbocycles. The molecule has 140 valence electrons. The number of hydrogen-bond acceptors (Lipinski definition) is 6. The Morgan fingerprint density at radius 1 is 1.19 bits per heavy atom. The number of hydrogen-bond donors (Lipinski definition) is 3. The number of amides is 2. The third kappa shape index (κ3) is 4.87. The molecule has 0 aliphatic rings. The maximum atomic E-state index is 12.4. The minimum Gasteiger partial charge on any atom is -0.495 e. The van der Waals surface area contributed by atoms with Gasteiger partial charge in [-0.2, -0.15) is 0 Å². The summed E-state index contributed by atoms with van der Waals surface area (Å²) in [7, 11) is 2.95. The van der Waals surface area contributed by atoms with E-state index < -0.39 is 6.03 Å².